The molecule has 2 amide bonds. The molecule has 0 spiro atoms. The molecule has 138 valence electrons. The summed E-state index contributed by atoms with van der Waals surface area (Å²) >= 11 is 0. The number of aryl methyl sites for hydroxylation is 2. The van der Waals surface area contributed by atoms with E-state index in [1.165, 1.54) is 10.9 Å². The lowest BCUT2D eigenvalue weighted by Gasteiger charge is -2.08. The highest BCUT2D eigenvalue weighted by molar-refractivity contribution is 5.94. The lowest BCUT2D eigenvalue weighted by molar-refractivity contribution is -0.116. The zero-order chi connectivity index (χ0) is 19.4. The first-order valence-electron chi connectivity index (χ1n) is 8.60. The maximum atomic E-state index is 12.5. The molecule has 0 saturated heterocycles. The van der Waals surface area contributed by atoms with Gasteiger partial charge in [-0.3, -0.25) is 19.0 Å². The van der Waals surface area contributed by atoms with Gasteiger partial charge in [0.25, 0.3) is 5.56 Å². The maximum absolute atomic E-state index is 12.5. The fourth-order valence-corrected chi connectivity index (χ4v) is 2.85. The maximum Gasteiger partial charge on any atom is 0.261 e. The van der Waals surface area contributed by atoms with Gasteiger partial charge in [-0.25, -0.2) is 4.98 Å². The van der Waals surface area contributed by atoms with Crippen LogP contribution in [0.3, 0.4) is 0 Å². The number of hydrogen-bond acceptors (Lipinski definition) is 4. The molecule has 0 unspecified atom stereocenters. The van der Waals surface area contributed by atoms with Crippen molar-refractivity contribution in [3.63, 3.8) is 0 Å². The first kappa shape index (κ1) is 18.3. The number of rotatable bonds is 6. The number of nitrogens with two attached hydrogens (primary N) is 1. The number of fused-ring (bicyclic) bond motifs is 1. The van der Waals surface area contributed by atoms with Crippen LogP contribution in [0.2, 0.25) is 0 Å². The van der Waals surface area contributed by atoms with Crippen LogP contribution in [0.4, 0.5) is 5.69 Å². The van der Waals surface area contributed by atoms with Crippen molar-refractivity contribution in [3.8, 4) is 0 Å². The number of anilines is 1. The molecular weight excluding hydrogens is 344 g/mol. The molecule has 3 aromatic rings. The predicted molar refractivity (Wildman–Crippen MR) is 104 cm³/mol. The van der Waals surface area contributed by atoms with Gasteiger partial charge in [0.15, 0.2) is 0 Å². The van der Waals surface area contributed by atoms with Gasteiger partial charge in [0.2, 0.25) is 11.8 Å². The number of carbonyl (C=O) groups excluding carboxylic acids is 2. The fourth-order valence-electron chi connectivity index (χ4n) is 2.85. The van der Waals surface area contributed by atoms with Gasteiger partial charge in [0.05, 0.1) is 17.2 Å². The largest absolute Gasteiger partial charge is 0.366 e. The van der Waals surface area contributed by atoms with Gasteiger partial charge in [-0.1, -0.05) is 12.1 Å². The van der Waals surface area contributed by atoms with Crippen LogP contribution in [0.5, 0.6) is 0 Å². The summed E-state index contributed by atoms with van der Waals surface area (Å²) in [6, 6.07) is 11.9. The lowest BCUT2D eigenvalue weighted by atomic mass is 10.1. The van der Waals surface area contributed by atoms with E-state index in [4.69, 9.17) is 5.73 Å². The van der Waals surface area contributed by atoms with Crippen molar-refractivity contribution in [2.75, 3.05) is 5.32 Å². The minimum atomic E-state index is -0.516. The molecule has 0 radical (unpaired) electrons. The summed E-state index contributed by atoms with van der Waals surface area (Å²) in [7, 11) is 0. The standard InChI is InChI=1S/C20H20N4O3/c1-13-4-2-5-16-18(13)22-12-24(20(16)27)11-3-6-17(25)23-15-9-7-14(8-10-15)19(21)26/h2,4-5,7-10,12H,3,6,11H2,1H3,(H2,21,26)(H,23,25). The number of benzene rings is 2. The molecule has 0 bridgehead atoms. The van der Waals surface area contributed by atoms with Crippen molar-refractivity contribution in [2.24, 2.45) is 5.73 Å². The Morgan fingerprint density at radius 2 is 1.89 bits per heavy atom. The molecule has 1 aromatic heterocycles. The number of primary amides is 1. The Morgan fingerprint density at radius 3 is 2.59 bits per heavy atom. The summed E-state index contributed by atoms with van der Waals surface area (Å²) in [5.41, 5.74) is 7.71. The molecule has 3 rings (SSSR count). The number of hydrogen-bond donors (Lipinski definition) is 2. The van der Waals surface area contributed by atoms with Crippen molar-refractivity contribution in [2.45, 2.75) is 26.3 Å². The van der Waals surface area contributed by atoms with Crippen LogP contribution >= 0.6 is 0 Å². The molecule has 0 atom stereocenters. The highest BCUT2D eigenvalue weighted by Crippen LogP contribution is 2.12. The Balaban J connectivity index is 1.59. The van der Waals surface area contributed by atoms with E-state index in [1.54, 1.807) is 30.3 Å². The van der Waals surface area contributed by atoms with E-state index >= 15 is 0 Å². The quantitative estimate of drug-likeness (QED) is 0.699. The predicted octanol–water partition coefficient (Wildman–Crippen LogP) is 2.22. The van der Waals surface area contributed by atoms with Crippen LogP contribution in [0.15, 0.2) is 53.6 Å². The average Bonchev–Trinajstić information content (AvgIpc) is 2.64. The Labute approximate surface area is 155 Å². The Hall–Kier alpha value is -3.48. The van der Waals surface area contributed by atoms with Crippen LogP contribution in [0.1, 0.15) is 28.8 Å². The smallest absolute Gasteiger partial charge is 0.261 e. The third-order valence-electron chi connectivity index (χ3n) is 4.31. The number of nitrogens with one attached hydrogen (secondary N) is 1. The fraction of sp³-hybridized carbons (Fsp3) is 0.200. The van der Waals surface area contributed by atoms with Crippen LogP contribution in [0, 0.1) is 6.92 Å². The van der Waals surface area contributed by atoms with Crippen molar-refractivity contribution < 1.29 is 9.59 Å². The normalized spacial score (nSPS) is 10.7. The summed E-state index contributed by atoms with van der Waals surface area (Å²) in [5, 5.41) is 3.33. The van der Waals surface area contributed by atoms with E-state index in [1.807, 2.05) is 19.1 Å². The molecule has 7 heteroatoms. The summed E-state index contributed by atoms with van der Waals surface area (Å²) in [6.45, 7) is 2.32. The van der Waals surface area contributed by atoms with Crippen molar-refractivity contribution in [1.82, 2.24) is 9.55 Å². The van der Waals surface area contributed by atoms with Crippen LogP contribution < -0.4 is 16.6 Å². The summed E-state index contributed by atoms with van der Waals surface area (Å²) < 4.78 is 1.52. The van der Waals surface area contributed by atoms with Gasteiger partial charge in [-0.2, -0.15) is 0 Å². The monoisotopic (exact) mass is 364 g/mol. The first-order valence-corrected chi connectivity index (χ1v) is 8.60. The summed E-state index contributed by atoms with van der Waals surface area (Å²) in [4.78, 5) is 40.0. The van der Waals surface area contributed by atoms with Crippen molar-refractivity contribution >= 4 is 28.4 Å². The molecule has 3 N–H and O–H groups in total. The average molecular weight is 364 g/mol. The SMILES string of the molecule is Cc1cccc2c(=O)n(CCCC(=O)Nc3ccc(C(N)=O)cc3)cnc12. The van der Waals surface area contributed by atoms with Gasteiger partial charge in [0.1, 0.15) is 0 Å². The molecule has 27 heavy (non-hydrogen) atoms. The molecule has 7 nitrogen and oxygen atoms in total. The summed E-state index contributed by atoms with van der Waals surface area (Å²) in [6.07, 6.45) is 2.29. The molecule has 0 saturated carbocycles. The van der Waals surface area contributed by atoms with Crippen LogP contribution in [-0.2, 0) is 11.3 Å². The molecular formula is C20H20N4O3. The molecule has 0 aliphatic heterocycles. The molecule has 0 aliphatic rings. The van der Waals surface area contributed by atoms with E-state index < -0.39 is 5.91 Å². The second kappa shape index (κ2) is 7.82. The number of aromatic nitrogens is 2. The van der Waals surface area contributed by atoms with Crippen molar-refractivity contribution in [3.05, 3.63) is 70.3 Å². The van der Waals surface area contributed by atoms with E-state index in [0.717, 1.165) is 5.56 Å². The van der Waals surface area contributed by atoms with Gasteiger partial charge in [0, 0.05) is 24.2 Å². The Morgan fingerprint density at radius 1 is 1.15 bits per heavy atom. The number of para-hydroxylation sites is 1. The van der Waals surface area contributed by atoms with E-state index in [2.05, 4.69) is 10.3 Å². The van der Waals surface area contributed by atoms with Gasteiger partial charge in [-0.05, 0) is 49.2 Å². The number of carbonyl (C=O) groups is 2. The molecule has 2 aromatic carbocycles. The highest BCUT2D eigenvalue weighted by atomic mass is 16.2. The molecule has 1 heterocycles. The second-order valence-electron chi connectivity index (χ2n) is 6.31. The molecule has 0 aliphatic carbocycles. The molecule has 0 fully saturated rings. The van der Waals surface area contributed by atoms with E-state index in [0.29, 0.717) is 35.1 Å². The summed E-state index contributed by atoms with van der Waals surface area (Å²) in [5.74, 6) is -0.683. The Bertz CT molecular complexity index is 1060. The third kappa shape index (κ3) is 4.20. The number of nitrogens with zero attached hydrogens (tertiary/aromatic N) is 2. The minimum Gasteiger partial charge on any atom is -0.366 e. The lowest BCUT2D eigenvalue weighted by Crippen LogP contribution is -2.22. The van der Waals surface area contributed by atoms with Crippen LogP contribution in [0.25, 0.3) is 10.9 Å². The highest BCUT2D eigenvalue weighted by Gasteiger charge is 2.08. The van der Waals surface area contributed by atoms with Crippen LogP contribution in [-0.4, -0.2) is 21.4 Å². The number of amides is 2. The van der Waals surface area contributed by atoms with Gasteiger partial charge >= 0.3 is 0 Å². The van der Waals surface area contributed by atoms with E-state index in [-0.39, 0.29) is 17.9 Å². The van der Waals surface area contributed by atoms with E-state index in [9.17, 15) is 14.4 Å². The minimum absolute atomic E-state index is 0.105. The second-order valence-corrected chi connectivity index (χ2v) is 6.31. The van der Waals surface area contributed by atoms with Crippen molar-refractivity contribution in [1.29, 1.82) is 0 Å². The van der Waals surface area contributed by atoms with Gasteiger partial charge < -0.3 is 11.1 Å². The zero-order valence-electron chi connectivity index (χ0n) is 14.9. The topological polar surface area (TPSA) is 107 Å². The Kier molecular flexibility index (Phi) is 5.30. The zero-order valence-corrected chi connectivity index (χ0v) is 14.9. The first-order chi connectivity index (χ1) is 13.0. The third-order valence-corrected chi connectivity index (χ3v) is 4.31. The van der Waals surface area contributed by atoms with Gasteiger partial charge in [-0.15, -0.1) is 0 Å².